The molecule has 7 nitrogen and oxygen atoms in total. The SMILES string of the molecule is Cn1ccc(CNC(=O)N2C[C@@H](CC(C)(C)C)[C@@]3(C(=O)Nc4cc(Cl)ccc43)[C@H]2c2cccc(Cl)c2F)n1. The maximum Gasteiger partial charge on any atom is 0.318 e. The topological polar surface area (TPSA) is 79.3 Å². The number of fused-ring (bicyclic) bond motifs is 2. The number of carbonyl (C=O) groups is 2. The Bertz CT molecular complexity index is 1420. The highest BCUT2D eigenvalue weighted by molar-refractivity contribution is 6.31. The van der Waals surface area contributed by atoms with Crippen molar-refractivity contribution in [2.24, 2.45) is 18.4 Å². The third kappa shape index (κ3) is 4.43. The van der Waals surface area contributed by atoms with E-state index in [1.165, 1.54) is 6.07 Å². The van der Waals surface area contributed by atoms with E-state index >= 15 is 4.39 Å². The summed E-state index contributed by atoms with van der Waals surface area (Å²) in [6.45, 7) is 6.72. The van der Waals surface area contributed by atoms with Crippen LogP contribution in [0.5, 0.6) is 0 Å². The molecule has 2 aliphatic heterocycles. The summed E-state index contributed by atoms with van der Waals surface area (Å²) >= 11 is 12.5. The summed E-state index contributed by atoms with van der Waals surface area (Å²) in [6.07, 6.45) is 2.41. The van der Waals surface area contributed by atoms with Crippen molar-refractivity contribution in [2.45, 2.75) is 45.2 Å². The zero-order valence-electron chi connectivity index (χ0n) is 21.7. The first-order valence-electron chi connectivity index (χ1n) is 12.5. The molecule has 1 fully saturated rings. The van der Waals surface area contributed by atoms with Crippen LogP contribution in [-0.2, 0) is 23.8 Å². The Kier molecular flexibility index (Phi) is 6.68. The molecule has 10 heteroatoms. The molecule has 0 bridgehead atoms. The molecule has 5 rings (SSSR count). The summed E-state index contributed by atoms with van der Waals surface area (Å²) in [7, 11) is 1.80. The number of aryl methyl sites for hydroxylation is 1. The average Bonchev–Trinajstić information content (AvgIpc) is 3.48. The first-order valence-corrected chi connectivity index (χ1v) is 13.3. The van der Waals surface area contributed by atoms with Gasteiger partial charge < -0.3 is 15.5 Å². The number of amides is 3. The molecule has 38 heavy (non-hydrogen) atoms. The molecule has 200 valence electrons. The Labute approximate surface area is 231 Å². The van der Waals surface area contributed by atoms with Crippen molar-refractivity contribution in [1.29, 1.82) is 0 Å². The van der Waals surface area contributed by atoms with Crippen LogP contribution in [-0.4, -0.2) is 33.2 Å². The smallest absolute Gasteiger partial charge is 0.318 e. The summed E-state index contributed by atoms with van der Waals surface area (Å²) < 4.78 is 17.4. The molecular weight excluding hydrogens is 528 g/mol. The number of urea groups is 1. The third-order valence-corrected chi connectivity index (χ3v) is 7.97. The summed E-state index contributed by atoms with van der Waals surface area (Å²) in [5.41, 5.74) is 0.728. The number of anilines is 1. The normalized spacial score (nSPS) is 22.6. The molecule has 1 aromatic heterocycles. The van der Waals surface area contributed by atoms with Crippen LogP contribution < -0.4 is 10.6 Å². The lowest BCUT2D eigenvalue weighted by Crippen LogP contribution is -2.47. The Hall–Kier alpha value is -3.10. The molecule has 0 unspecified atom stereocenters. The lowest BCUT2D eigenvalue weighted by atomic mass is 9.63. The first kappa shape index (κ1) is 26.5. The number of halogens is 3. The van der Waals surface area contributed by atoms with E-state index in [1.807, 2.05) is 12.1 Å². The predicted molar refractivity (Wildman–Crippen MR) is 146 cm³/mol. The Balaban J connectivity index is 1.68. The second kappa shape index (κ2) is 9.58. The van der Waals surface area contributed by atoms with Gasteiger partial charge in [-0.3, -0.25) is 9.48 Å². The molecule has 3 heterocycles. The van der Waals surface area contributed by atoms with Crippen molar-refractivity contribution >= 4 is 40.8 Å². The van der Waals surface area contributed by atoms with Gasteiger partial charge in [-0.05, 0) is 47.6 Å². The van der Waals surface area contributed by atoms with Crippen LogP contribution in [0.3, 0.4) is 0 Å². The fraction of sp³-hybridized carbons (Fsp3) is 0.393. The van der Waals surface area contributed by atoms with Gasteiger partial charge in [-0.15, -0.1) is 0 Å². The molecule has 0 radical (unpaired) electrons. The molecule has 2 N–H and O–H groups in total. The summed E-state index contributed by atoms with van der Waals surface area (Å²) in [5.74, 6) is -1.24. The fourth-order valence-corrected chi connectivity index (χ4v) is 6.45. The molecule has 0 aliphatic carbocycles. The number of hydrogen-bond acceptors (Lipinski definition) is 3. The summed E-state index contributed by atoms with van der Waals surface area (Å²) in [4.78, 5) is 29.5. The van der Waals surface area contributed by atoms with E-state index in [0.717, 1.165) is 0 Å². The van der Waals surface area contributed by atoms with Crippen LogP contribution in [0.2, 0.25) is 10.0 Å². The number of aromatic nitrogens is 2. The third-order valence-electron chi connectivity index (χ3n) is 7.44. The Morgan fingerprint density at radius 2 is 2.00 bits per heavy atom. The fourth-order valence-electron chi connectivity index (χ4n) is 6.10. The van der Waals surface area contributed by atoms with Crippen molar-refractivity contribution in [3.63, 3.8) is 0 Å². The standard InChI is InChI=1S/C28H30Cl2FN5O2/c1-27(2,3)13-16-15-36(26(38)32-14-18-10-11-35(4)34-18)24(19-6-5-7-21(30)23(19)31)28(16)20-9-8-17(29)12-22(20)33-25(28)37/h5-12,16,24H,13-15H2,1-4H3,(H,32,38)(H,33,37)/t16-,24-,28+/m1/s1. The van der Waals surface area contributed by atoms with E-state index in [9.17, 15) is 9.59 Å². The average molecular weight is 558 g/mol. The van der Waals surface area contributed by atoms with Gasteiger partial charge in [-0.2, -0.15) is 5.10 Å². The molecule has 1 saturated heterocycles. The first-order chi connectivity index (χ1) is 17.9. The maximum atomic E-state index is 15.8. The van der Waals surface area contributed by atoms with Gasteiger partial charge in [0.15, 0.2) is 0 Å². The highest BCUT2D eigenvalue weighted by atomic mass is 35.5. The number of nitrogens with one attached hydrogen (secondary N) is 2. The highest BCUT2D eigenvalue weighted by Crippen LogP contribution is 2.60. The van der Waals surface area contributed by atoms with Crippen molar-refractivity contribution < 1.29 is 14.0 Å². The van der Waals surface area contributed by atoms with E-state index in [0.29, 0.717) is 28.4 Å². The number of rotatable bonds is 4. The summed E-state index contributed by atoms with van der Waals surface area (Å²) in [5, 5.41) is 10.7. The van der Waals surface area contributed by atoms with Crippen molar-refractivity contribution in [1.82, 2.24) is 20.0 Å². The van der Waals surface area contributed by atoms with Gasteiger partial charge in [0.05, 0.1) is 23.3 Å². The van der Waals surface area contributed by atoms with E-state index in [1.54, 1.807) is 47.1 Å². The zero-order valence-corrected chi connectivity index (χ0v) is 23.2. The van der Waals surface area contributed by atoms with Crippen molar-refractivity contribution in [3.8, 4) is 0 Å². The highest BCUT2D eigenvalue weighted by Gasteiger charge is 2.65. The Morgan fingerprint density at radius 3 is 2.68 bits per heavy atom. The van der Waals surface area contributed by atoms with Gasteiger partial charge in [0.2, 0.25) is 5.91 Å². The molecule has 3 aromatic rings. The van der Waals surface area contributed by atoms with Gasteiger partial charge in [0, 0.05) is 36.1 Å². The minimum Gasteiger partial charge on any atom is -0.332 e. The van der Waals surface area contributed by atoms with Gasteiger partial charge in [0.1, 0.15) is 11.2 Å². The summed E-state index contributed by atoms with van der Waals surface area (Å²) in [6, 6.07) is 10.4. The zero-order chi connectivity index (χ0) is 27.4. The molecule has 3 atom stereocenters. The quantitative estimate of drug-likeness (QED) is 0.408. The largest absolute Gasteiger partial charge is 0.332 e. The predicted octanol–water partition coefficient (Wildman–Crippen LogP) is 6.08. The molecule has 1 spiro atoms. The number of benzene rings is 2. The van der Waals surface area contributed by atoms with E-state index in [2.05, 4.69) is 36.5 Å². The number of nitrogens with zero attached hydrogens (tertiary/aromatic N) is 3. The van der Waals surface area contributed by atoms with E-state index in [-0.39, 0.29) is 40.9 Å². The lowest BCUT2D eigenvalue weighted by Gasteiger charge is -2.38. The van der Waals surface area contributed by atoms with E-state index in [4.69, 9.17) is 23.2 Å². The second-order valence-electron chi connectivity index (χ2n) is 11.3. The van der Waals surface area contributed by atoms with Crippen LogP contribution >= 0.6 is 23.2 Å². The van der Waals surface area contributed by atoms with E-state index < -0.39 is 23.3 Å². The van der Waals surface area contributed by atoms with Gasteiger partial charge in [-0.25, -0.2) is 9.18 Å². The van der Waals surface area contributed by atoms with Crippen LogP contribution in [0.4, 0.5) is 14.9 Å². The van der Waals surface area contributed by atoms with Crippen LogP contribution in [0, 0.1) is 17.2 Å². The Morgan fingerprint density at radius 1 is 1.24 bits per heavy atom. The molecule has 2 aromatic carbocycles. The maximum absolute atomic E-state index is 15.8. The minimum atomic E-state index is -1.25. The number of carbonyl (C=O) groups excluding carboxylic acids is 2. The van der Waals surface area contributed by atoms with Gasteiger partial charge in [0.25, 0.3) is 0 Å². The van der Waals surface area contributed by atoms with Crippen LogP contribution in [0.1, 0.15) is 50.1 Å². The van der Waals surface area contributed by atoms with Crippen molar-refractivity contribution in [3.05, 3.63) is 81.3 Å². The van der Waals surface area contributed by atoms with Gasteiger partial charge >= 0.3 is 6.03 Å². The molecule has 2 aliphatic rings. The lowest BCUT2D eigenvalue weighted by molar-refractivity contribution is -0.123. The number of likely N-dealkylation sites (tertiary alicyclic amines) is 1. The van der Waals surface area contributed by atoms with Gasteiger partial charge in [-0.1, -0.05) is 62.2 Å². The van der Waals surface area contributed by atoms with Crippen LogP contribution in [0.25, 0.3) is 0 Å². The molecular formula is C28H30Cl2FN5O2. The van der Waals surface area contributed by atoms with Crippen LogP contribution in [0.15, 0.2) is 48.7 Å². The molecule has 0 saturated carbocycles. The monoisotopic (exact) mass is 557 g/mol. The second-order valence-corrected chi connectivity index (χ2v) is 12.2. The number of hydrogen-bond donors (Lipinski definition) is 2. The minimum absolute atomic E-state index is 0.0690. The molecule has 3 amide bonds. The van der Waals surface area contributed by atoms with Crippen molar-refractivity contribution in [2.75, 3.05) is 11.9 Å².